The topological polar surface area (TPSA) is 105 Å². The molecule has 1 aromatic rings. The highest BCUT2D eigenvalue weighted by Gasteiger charge is 2.23. The van der Waals surface area contributed by atoms with Crippen LogP contribution in [0.5, 0.6) is 0 Å². The number of rotatable bonds is 6. The van der Waals surface area contributed by atoms with Crippen molar-refractivity contribution in [2.75, 3.05) is 19.8 Å². The summed E-state index contributed by atoms with van der Waals surface area (Å²) >= 11 is 0. The van der Waals surface area contributed by atoms with E-state index in [0.29, 0.717) is 12.8 Å². The van der Waals surface area contributed by atoms with Gasteiger partial charge in [0.15, 0.2) is 0 Å². The number of cyclic esters (lactones) is 1. The smallest absolute Gasteiger partial charge is 0.309 e. The number of hydrogen-bond donors (Lipinski definition) is 3. The van der Waals surface area contributed by atoms with E-state index in [1.54, 1.807) is 6.92 Å². The lowest BCUT2D eigenvalue weighted by atomic mass is 9.93. The van der Waals surface area contributed by atoms with Crippen LogP contribution in [0.4, 0.5) is 0 Å². The fourth-order valence-electron chi connectivity index (χ4n) is 3.54. The normalized spacial score (nSPS) is 22.0. The molecule has 0 aliphatic carbocycles. The summed E-state index contributed by atoms with van der Waals surface area (Å²) in [4.78, 5) is 37.3. The highest BCUT2D eigenvalue weighted by atomic mass is 16.5. The predicted octanol–water partition coefficient (Wildman–Crippen LogP) is 2.14. The Morgan fingerprint density at radius 3 is 2.74 bits per heavy atom. The molecule has 1 heterocycles. The third-order valence-electron chi connectivity index (χ3n) is 5.30. The first-order chi connectivity index (χ1) is 15.0. The van der Waals surface area contributed by atoms with Crippen molar-refractivity contribution < 1.29 is 24.2 Å². The van der Waals surface area contributed by atoms with Gasteiger partial charge in [-0.1, -0.05) is 42.5 Å². The van der Waals surface area contributed by atoms with E-state index in [2.05, 4.69) is 10.6 Å². The second kappa shape index (κ2) is 13.6. The Morgan fingerprint density at radius 2 is 2.00 bits per heavy atom. The van der Waals surface area contributed by atoms with Crippen LogP contribution in [0.25, 0.3) is 0 Å². The van der Waals surface area contributed by atoms with Gasteiger partial charge in [-0.3, -0.25) is 14.4 Å². The van der Waals surface area contributed by atoms with Gasteiger partial charge >= 0.3 is 5.97 Å². The molecule has 3 N–H and O–H groups in total. The number of hydrogen-bond acceptors (Lipinski definition) is 5. The monoisotopic (exact) mass is 430 g/mol. The molecule has 2 amide bonds. The van der Waals surface area contributed by atoms with Crippen LogP contribution in [0.1, 0.15) is 44.6 Å². The fraction of sp³-hybridized carbons (Fsp3) is 0.542. The second-order valence-electron chi connectivity index (χ2n) is 8.04. The SMILES string of the molecule is C[C@H](CO)NC(=O)C[C@H]1CC=CCCC[C@H](Cc2ccccc2)C(=O)OCCNC1=O. The summed E-state index contributed by atoms with van der Waals surface area (Å²) in [7, 11) is 0. The van der Waals surface area contributed by atoms with Crippen molar-refractivity contribution in [1.82, 2.24) is 10.6 Å². The number of carbonyl (C=O) groups excluding carboxylic acids is 3. The number of carbonyl (C=O) groups is 3. The summed E-state index contributed by atoms with van der Waals surface area (Å²) in [5.74, 6) is -1.48. The van der Waals surface area contributed by atoms with Crippen LogP contribution in [-0.4, -0.2) is 48.7 Å². The van der Waals surface area contributed by atoms with Crippen molar-refractivity contribution in [2.24, 2.45) is 11.8 Å². The first kappa shape index (κ1) is 24.6. The first-order valence-electron chi connectivity index (χ1n) is 11.0. The molecule has 0 aromatic heterocycles. The average molecular weight is 431 g/mol. The van der Waals surface area contributed by atoms with Gasteiger partial charge < -0.3 is 20.5 Å². The molecule has 0 radical (unpaired) electrons. The summed E-state index contributed by atoms with van der Waals surface area (Å²) in [6.07, 6.45) is 7.44. The molecule has 0 saturated heterocycles. The molecule has 170 valence electrons. The molecule has 31 heavy (non-hydrogen) atoms. The Balaban J connectivity index is 1.96. The number of amides is 2. The van der Waals surface area contributed by atoms with Gasteiger partial charge in [0, 0.05) is 12.5 Å². The zero-order valence-corrected chi connectivity index (χ0v) is 18.2. The van der Waals surface area contributed by atoms with E-state index < -0.39 is 5.92 Å². The lowest BCUT2D eigenvalue weighted by Crippen LogP contribution is -2.40. The quantitative estimate of drug-likeness (QED) is 0.474. The summed E-state index contributed by atoms with van der Waals surface area (Å²) in [5, 5.41) is 14.5. The fourth-order valence-corrected chi connectivity index (χ4v) is 3.54. The van der Waals surface area contributed by atoms with E-state index in [4.69, 9.17) is 9.84 Å². The van der Waals surface area contributed by atoms with Crippen LogP contribution in [0.15, 0.2) is 42.5 Å². The minimum Gasteiger partial charge on any atom is -0.464 e. The van der Waals surface area contributed by atoms with Crippen LogP contribution in [-0.2, 0) is 25.5 Å². The van der Waals surface area contributed by atoms with Gasteiger partial charge in [-0.25, -0.2) is 0 Å². The Bertz CT molecular complexity index is 735. The van der Waals surface area contributed by atoms with Crippen molar-refractivity contribution >= 4 is 17.8 Å². The average Bonchev–Trinajstić information content (AvgIpc) is 2.77. The Labute approximate surface area is 184 Å². The van der Waals surface area contributed by atoms with Gasteiger partial charge in [0.1, 0.15) is 6.61 Å². The number of nitrogens with one attached hydrogen (secondary N) is 2. The van der Waals surface area contributed by atoms with Gasteiger partial charge in [0.2, 0.25) is 11.8 Å². The minimum absolute atomic E-state index is 0.0411. The Kier molecular flexibility index (Phi) is 10.8. The van der Waals surface area contributed by atoms with Crippen LogP contribution < -0.4 is 10.6 Å². The molecule has 0 fully saturated rings. The third-order valence-corrected chi connectivity index (χ3v) is 5.30. The van der Waals surface area contributed by atoms with E-state index >= 15 is 0 Å². The molecule has 1 aromatic carbocycles. The van der Waals surface area contributed by atoms with Crippen molar-refractivity contribution in [3.63, 3.8) is 0 Å². The molecule has 1 aliphatic heterocycles. The van der Waals surface area contributed by atoms with Gasteiger partial charge in [0.25, 0.3) is 0 Å². The Morgan fingerprint density at radius 1 is 1.23 bits per heavy atom. The molecule has 3 atom stereocenters. The lowest BCUT2D eigenvalue weighted by Gasteiger charge is -2.19. The zero-order valence-electron chi connectivity index (χ0n) is 18.2. The number of ether oxygens (including phenoxy) is 1. The minimum atomic E-state index is -0.508. The Hall–Kier alpha value is -2.67. The maximum atomic E-state index is 12.6. The van der Waals surface area contributed by atoms with Crippen LogP contribution in [0, 0.1) is 11.8 Å². The maximum absolute atomic E-state index is 12.6. The van der Waals surface area contributed by atoms with E-state index in [1.807, 2.05) is 42.5 Å². The molecule has 0 saturated carbocycles. The van der Waals surface area contributed by atoms with E-state index in [1.165, 1.54) is 0 Å². The third kappa shape index (κ3) is 9.34. The van der Waals surface area contributed by atoms with Crippen LogP contribution in [0.2, 0.25) is 0 Å². The van der Waals surface area contributed by atoms with E-state index in [-0.39, 0.29) is 55.9 Å². The maximum Gasteiger partial charge on any atom is 0.309 e. The first-order valence-corrected chi connectivity index (χ1v) is 11.0. The molecule has 0 unspecified atom stereocenters. The highest BCUT2D eigenvalue weighted by Crippen LogP contribution is 2.18. The molecular weight excluding hydrogens is 396 g/mol. The lowest BCUT2D eigenvalue weighted by molar-refractivity contribution is -0.149. The molecule has 2 rings (SSSR count). The van der Waals surface area contributed by atoms with Gasteiger partial charge in [-0.2, -0.15) is 0 Å². The summed E-state index contributed by atoms with van der Waals surface area (Å²) in [6, 6.07) is 9.54. The van der Waals surface area contributed by atoms with E-state index in [9.17, 15) is 14.4 Å². The van der Waals surface area contributed by atoms with Crippen molar-refractivity contribution in [2.45, 2.75) is 51.5 Å². The molecule has 1 aliphatic rings. The predicted molar refractivity (Wildman–Crippen MR) is 118 cm³/mol. The largest absolute Gasteiger partial charge is 0.464 e. The summed E-state index contributed by atoms with van der Waals surface area (Å²) in [5.41, 5.74) is 1.10. The van der Waals surface area contributed by atoms with E-state index in [0.717, 1.165) is 24.8 Å². The van der Waals surface area contributed by atoms with Gasteiger partial charge in [0.05, 0.1) is 25.0 Å². The standard InChI is InChI=1S/C24H34N2O5/c1-18(17-27)26-22(28)16-20-11-7-2-3-8-12-21(15-19-9-5-4-6-10-19)24(30)31-14-13-25-23(20)29/h2,4-7,9-10,18,20-21,27H,3,8,11-17H2,1H3,(H,25,29)(H,26,28)/t18-,20-,21-/m1/s1. The molecule has 0 spiro atoms. The summed E-state index contributed by atoms with van der Waals surface area (Å²) < 4.78 is 5.42. The number of allylic oxidation sites excluding steroid dienone is 2. The highest BCUT2D eigenvalue weighted by molar-refractivity contribution is 5.86. The summed E-state index contributed by atoms with van der Waals surface area (Å²) in [6.45, 7) is 1.85. The van der Waals surface area contributed by atoms with Gasteiger partial charge in [-0.05, 0) is 44.6 Å². The van der Waals surface area contributed by atoms with Crippen LogP contribution >= 0.6 is 0 Å². The van der Waals surface area contributed by atoms with Crippen molar-refractivity contribution in [3.8, 4) is 0 Å². The van der Waals surface area contributed by atoms with Crippen LogP contribution in [0.3, 0.4) is 0 Å². The van der Waals surface area contributed by atoms with Crippen molar-refractivity contribution in [3.05, 3.63) is 48.0 Å². The number of aliphatic hydroxyl groups excluding tert-OH is 1. The van der Waals surface area contributed by atoms with Crippen molar-refractivity contribution in [1.29, 1.82) is 0 Å². The number of esters is 1. The second-order valence-corrected chi connectivity index (χ2v) is 8.04. The molecule has 7 heteroatoms. The molecule has 7 nitrogen and oxygen atoms in total. The zero-order chi connectivity index (χ0) is 22.5. The number of aliphatic hydroxyl groups is 1. The number of benzene rings is 1. The molecular formula is C24H34N2O5. The van der Waals surface area contributed by atoms with Gasteiger partial charge in [-0.15, -0.1) is 0 Å². The molecule has 0 bridgehead atoms.